The Morgan fingerprint density at radius 1 is 1.30 bits per heavy atom. The Hall–Kier alpha value is -0.0800. The second-order valence-corrected chi connectivity index (χ2v) is 2.91. The molecule has 0 rings (SSSR count). The van der Waals surface area contributed by atoms with Crippen molar-refractivity contribution in [2.75, 3.05) is 6.61 Å². The van der Waals surface area contributed by atoms with Crippen molar-refractivity contribution in [3.63, 3.8) is 0 Å². The summed E-state index contributed by atoms with van der Waals surface area (Å²) in [7, 11) is 0. The van der Waals surface area contributed by atoms with E-state index in [1.54, 1.807) is 6.92 Å². The Morgan fingerprint density at radius 2 is 1.90 bits per heavy atom. The van der Waals surface area contributed by atoms with Crippen LogP contribution < -0.4 is 0 Å². The van der Waals surface area contributed by atoms with E-state index in [4.69, 9.17) is 9.84 Å². The molecule has 0 fully saturated rings. The molecule has 2 heteroatoms. The Morgan fingerprint density at radius 3 is 2.30 bits per heavy atom. The van der Waals surface area contributed by atoms with E-state index in [-0.39, 0.29) is 6.10 Å². The lowest BCUT2D eigenvalue weighted by molar-refractivity contribution is 0.0672. The van der Waals surface area contributed by atoms with Crippen molar-refractivity contribution in [3.05, 3.63) is 0 Å². The van der Waals surface area contributed by atoms with Gasteiger partial charge in [-0.3, -0.25) is 0 Å². The van der Waals surface area contributed by atoms with Crippen LogP contribution in [0.3, 0.4) is 0 Å². The summed E-state index contributed by atoms with van der Waals surface area (Å²) in [6.07, 6.45) is 1.92. The minimum absolute atomic E-state index is 0.184. The number of hydrogen-bond acceptors (Lipinski definition) is 2. The van der Waals surface area contributed by atoms with Crippen LogP contribution in [0.1, 0.15) is 33.6 Å². The summed E-state index contributed by atoms with van der Waals surface area (Å²) in [6, 6.07) is 0. The zero-order valence-corrected chi connectivity index (χ0v) is 7.13. The Balaban J connectivity index is 2.91. The van der Waals surface area contributed by atoms with Gasteiger partial charge in [0.2, 0.25) is 0 Å². The maximum Gasteiger partial charge on any atom is 0.0518 e. The first-order chi connectivity index (χ1) is 4.63. The van der Waals surface area contributed by atoms with Gasteiger partial charge >= 0.3 is 0 Å². The fourth-order valence-corrected chi connectivity index (χ4v) is 0.698. The SMILES string of the molecule is CC(O)CCCOC(C)C. The number of aliphatic hydroxyl groups is 1. The van der Waals surface area contributed by atoms with Crippen molar-refractivity contribution in [3.8, 4) is 0 Å². The van der Waals surface area contributed by atoms with Crippen molar-refractivity contribution in [1.29, 1.82) is 0 Å². The van der Waals surface area contributed by atoms with E-state index < -0.39 is 0 Å². The van der Waals surface area contributed by atoms with Gasteiger partial charge in [0.05, 0.1) is 12.2 Å². The van der Waals surface area contributed by atoms with Gasteiger partial charge in [0.25, 0.3) is 0 Å². The number of ether oxygens (including phenoxy) is 1. The average Bonchev–Trinajstić information content (AvgIpc) is 1.79. The molecule has 0 bridgehead atoms. The molecule has 0 saturated carbocycles. The highest BCUT2D eigenvalue weighted by Gasteiger charge is 1.96. The first-order valence-electron chi connectivity index (χ1n) is 3.92. The van der Waals surface area contributed by atoms with Crippen molar-refractivity contribution in [2.45, 2.75) is 45.8 Å². The minimum Gasteiger partial charge on any atom is -0.393 e. The molecule has 0 aromatic rings. The Bertz CT molecular complexity index is 59.7. The summed E-state index contributed by atoms with van der Waals surface area (Å²) in [5.41, 5.74) is 0. The van der Waals surface area contributed by atoms with E-state index in [1.807, 2.05) is 13.8 Å². The van der Waals surface area contributed by atoms with E-state index in [9.17, 15) is 0 Å². The molecule has 0 saturated heterocycles. The standard InChI is InChI=1S/C8H18O2/c1-7(2)10-6-4-5-8(3)9/h7-9H,4-6H2,1-3H3. The van der Waals surface area contributed by atoms with Crippen LogP contribution in [-0.4, -0.2) is 23.9 Å². The molecule has 0 aliphatic rings. The van der Waals surface area contributed by atoms with Crippen LogP contribution in [0.2, 0.25) is 0 Å². The van der Waals surface area contributed by atoms with E-state index in [0.29, 0.717) is 6.10 Å². The van der Waals surface area contributed by atoms with Crippen LogP contribution in [0, 0.1) is 0 Å². The van der Waals surface area contributed by atoms with Gasteiger partial charge in [-0.1, -0.05) is 0 Å². The van der Waals surface area contributed by atoms with Crippen LogP contribution in [0.4, 0.5) is 0 Å². The quantitative estimate of drug-likeness (QED) is 0.597. The fraction of sp³-hybridized carbons (Fsp3) is 1.00. The third-order valence-electron chi connectivity index (χ3n) is 1.22. The van der Waals surface area contributed by atoms with Crippen molar-refractivity contribution >= 4 is 0 Å². The lowest BCUT2D eigenvalue weighted by Gasteiger charge is -2.07. The third-order valence-corrected chi connectivity index (χ3v) is 1.22. The van der Waals surface area contributed by atoms with Crippen molar-refractivity contribution in [1.82, 2.24) is 0 Å². The molecule has 2 nitrogen and oxygen atoms in total. The lowest BCUT2D eigenvalue weighted by atomic mass is 10.2. The van der Waals surface area contributed by atoms with Gasteiger partial charge < -0.3 is 9.84 Å². The lowest BCUT2D eigenvalue weighted by Crippen LogP contribution is -2.06. The van der Waals surface area contributed by atoms with Crippen LogP contribution >= 0.6 is 0 Å². The molecule has 0 radical (unpaired) electrons. The molecular formula is C8H18O2. The summed E-state index contributed by atoms with van der Waals surface area (Å²) >= 11 is 0. The fourth-order valence-electron chi connectivity index (χ4n) is 0.698. The highest BCUT2D eigenvalue weighted by molar-refractivity contribution is 4.46. The highest BCUT2D eigenvalue weighted by atomic mass is 16.5. The molecule has 1 atom stereocenters. The average molecular weight is 146 g/mol. The maximum absolute atomic E-state index is 8.86. The van der Waals surface area contributed by atoms with Gasteiger partial charge in [0.1, 0.15) is 0 Å². The van der Waals surface area contributed by atoms with Crippen LogP contribution in [0.25, 0.3) is 0 Å². The normalized spacial score (nSPS) is 14.1. The Labute approximate surface area is 63.2 Å². The molecule has 0 aromatic carbocycles. The van der Waals surface area contributed by atoms with E-state index in [2.05, 4.69) is 0 Å². The summed E-state index contributed by atoms with van der Waals surface area (Å²) < 4.78 is 5.28. The van der Waals surface area contributed by atoms with Gasteiger partial charge in [-0.25, -0.2) is 0 Å². The summed E-state index contributed by atoms with van der Waals surface area (Å²) in [5.74, 6) is 0. The van der Waals surface area contributed by atoms with Gasteiger partial charge in [0.15, 0.2) is 0 Å². The molecule has 0 aliphatic heterocycles. The second-order valence-electron chi connectivity index (χ2n) is 2.91. The Kier molecular flexibility index (Phi) is 5.64. The van der Waals surface area contributed by atoms with Crippen molar-refractivity contribution < 1.29 is 9.84 Å². The maximum atomic E-state index is 8.86. The molecular weight excluding hydrogens is 128 g/mol. The molecule has 1 N–H and O–H groups in total. The number of aliphatic hydroxyl groups excluding tert-OH is 1. The zero-order valence-electron chi connectivity index (χ0n) is 7.13. The predicted molar refractivity (Wildman–Crippen MR) is 42.0 cm³/mol. The second kappa shape index (κ2) is 5.69. The van der Waals surface area contributed by atoms with Gasteiger partial charge in [0, 0.05) is 6.61 Å². The molecule has 0 aromatic heterocycles. The summed E-state index contributed by atoms with van der Waals surface area (Å²) in [4.78, 5) is 0. The highest BCUT2D eigenvalue weighted by Crippen LogP contribution is 1.97. The number of hydrogen-bond donors (Lipinski definition) is 1. The largest absolute Gasteiger partial charge is 0.393 e. The van der Waals surface area contributed by atoms with Crippen LogP contribution in [0.15, 0.2) is 0 Å². The van der Waals surface area contributed by atoms with Crippen LogP contribution in [-0.2, 0) is 4.74 Å². The van der Waals surface area contributed by atoms with E-state index in [1.165, 1.54) is 0 Å². The minimum atomic E-state index is -0.184. The molecule has 0 aliphatic carbocycles. The monoisotopic (exact) mass is 146 g/mol. The van der Waals surface area contributed by atoms with Crippen molar-refractivity contribution in [2.24, 2.45) is 0 Å². The van der Waals surface area contributed by atoms with E-state index in [0.717, 1.165) is 19.4 Å². The van der Waals surface area contributed by atoms with Gasteiger partial charge in [-0.2, -0.15) is 0 Å². The summed E-state index contributed by atoms with van der Waals surface area (Å²) in [5, 5.41) is 8.86. The predicted octanol–water partition coefficient (Wildman–Crippen LogP) is 1.57. The molecule has 0 spiro atoms. The summed E-state index contributed by atoms with van der Waals surface area (Å²) in [6.45, 7) is 6.60. The molecule has 0 heterocycles. The molecule has 0 amide bonds. The van der Waals surface area contributed by atoms with Crippen LogP contribution in [0.5, 0.6) is 0 Å². The van der Waals surface area contributed by atoms with Gasteiger partial charge in [-0.15, -0.1) is 0 Å². The van der Waals surface area contributed by atoms with Gasteiger partial charge in [-0.05, 0) is 33.6 Å². The third kappa shape index (κ3) is 7.92. The topological polar surface area (TPSA) is 29.5 Å². The molecule has 62 valence electrons. The number of rotatable bonds is 5. The zero-order chi connectivity index (χ0) is 7.98. The first-order valence-corrected chi connectivity index (χ1v) is 3.92. The first kappa shape index (κ1) is 9.92. The van der Waals surface area contributed by atoms with E-state index >= 15 is 0 Å². The molecule has 10 heavy (non-hydrogen) atoms. The smallest absolute Gasteiger partial charge is 0.0518 e. The molecule has 1 unspecified atom stereocenters.